The summed E-state index contributed by atoms with van der Waals surface area (Å²) in [5.74, 6) is 0.182. The van der Waals surface area contributed by atoms with Crippen LogP contribution in [0, 0.1) is 3.57 Å². The van der Waals surface area contributed by atoms with Crippen LogP contribution in [0.25, 0.3) is 10.1 Å². The molecule has 1 nitrogen and oxygen atoms in total. The number of hydrogen-bond acceptors (Lipinski definition) is 2. The van der Waals surface area contributed by atoms with Crippen LogP contribution >= 0.6 is 33.9 Å². The zero-order valence-corrected chi connectivity index (χ0v) is 13.1. The van der Waals surface area contributed by atoms with Crippen molar-refractivity contribution < 1.29 is 4.79 Å². The average Bonchev–Trinajstić information content (AvgIpc) is 2.82. The first kappa shape index (κ1) is 12.8. The van der Waals surface area contributed by atoms with E-state index < -0.39 is 0 Å². The highest BCUT2D eigenvalue weighted by Gasteiger charge is 2.10. The Balaban J connectivity index is 1.91. The van der Waals surface area contributed by atoms with Gasteiger partial charge in [0.05, 0.1) is 0 Å². The van der Waals surface area contributed by atoms with Gasteiger partial charge in [-0.2, -0.15) is 0 Å². The Hall–Kier alpha value is -1.20. The van der Waals surface area contributed by atoms with Crippen LogP contribution in [0.5, 0.6) is 0 Å². The van der Waals surface area contributed by atoms with Crippen molar-refractivity contribution in [3.05, 3.63) is 68.6 Å². The largest absolute Gasteiger partial charge is 0.294 e. The molecule has 0 bridgehead atoms. The minimum atomic E-state index is 0.182. The van der Waals surface area contributed by atoms with E-state index >= 15 is 0 Å². The van der Waals surface area contributed by atoms with Gasteiger partial charge in [-0.15, -0.1) is 11.3 Å². The first-order valence-corrected chi connectivity index (χ1v) is 7.94. The van der Waals surface area contributed by atoms with Crippen molar-refractivity contribution in [2.24, 2.45) is 0 Å². The van der Waals surface area contributed by atoms with E-state index in [0.29, 0.717) is 6.42 Å². The second-order valence-corrected chi connectivity index (χ2v) is 6.52. The molecule has 0 aliphatic heterocycles. The smallest absolute Gasteiger partial charge is 0.167 e. The number of benzene rings is 2. The maximum atomic E-state index is 12.3. The number of Topliss-reactive ketones (excluding diaryl/α,β-unsaturated/α-hetero) is 1. The number of thiophene rings is 1. The number of hydrogen-bond donors (Lipinski definition) is 0. The third kappa shape index (κ3) is 2.72. The monoisotopic (exact) mass is 378 g/mol. The molecular weight excluding hydrogens is 367 g/mol. The van der Waals surface area contributed by atoms with E-state index in [1.54, 1.807) is 11.3 Å². The lowest BCUT2D eigenvalue weighted by Gasteiger charge is -2.01. The predicted molar refractivity (Wildman–Crippen MR) is 89.0 cm³/mol. The van der Waals surface area contributed by atoms with Gasteiger partial charge in [0.25, 0.3) is 0 Å². The van der Waals surface area contributed by atoms with Gasteiger partial charge in [0.2, 0.25) is 0 Å². The second-order valence-electron chi connectivity index (χ2n) is 4.37. The lowest BCUT2D eigenvalue weighted by molar-refractivity contribution is 0.0993. The molecule has 3 rings (SSSR count). The summed E-state index contributed by atoms with van der Waals surface area (Å²) in [5, 5.41) is 3.29. The molecule has 0 aliphatic rings. The van der Waals surface area contributed by atoms with Gasteiger partial charge in [-0.25, -0.2) is 0 Å². The van der Waals surface area contributed by atoms with E-state index in [-0.39, 0.29) is 5.78 Å². The summed E-state index contributed by atoms with van der Waals surface area (Å²) in [6, 6.07) is 16.0. The SMILES string of the molecule is O=C(Cc1csc2ccccc12)c1cccc(I)c1. The van der Waals surface area contributed by atoms with Crippen LogP contribution in [-0.2, 0) is 6.42 Å². The Morgan fingerprint density at radius 2 is 1.95 bits per heavy atom. The highest BCUT2D eigenvalue weighted by molar-refractivity contribution is 14.1. The number of carbonyl (C=O) groups is 1. The molecule has 0 spiro atoms. The molecule has 2 aromatic carbocycles. The van der Waals surface area contributed by atoms with Gasteiger partial charge in [0.15, 0.2) is 5.78 Å². The van der Waals surface area contributed by atoms with Crippen molar-refractivity contribution in [2.45, 2.75) is 6.42 Å². The summed E-state index contributed by atoms with van der Waals surface area (Å²) in [4.78, 5) is 12.3. The molecule has 1 aromatic heterocycles. The Labute approximate surface area is 129 Å². The zero-order chi connectivity index (χ0) is 13.2. The quantitative estimate of drug-likeness (QED) is 0.467. The lowest BCUT2D eigenvalue weighted by Crippen LogP contribution is -2.03. The van der Waals surface area contributed by atoms with Crippen molar-refractivity contribution >= 4 is 49.8 Å². The number of ketones is 1. The van der Waals surface area contributed by atoms with E-state index in [1.165, 1.54) is 10.1 Å². The highest BCUT2D eigenvalue weighted by atomic mass is 127. The topological polar surface area (TPSA) is 17.1 Å². The fourth-order valence-electron chi connectivity index (χ4n) is 2.11. The van der Waals surface area contributed by atoms with Crippen molar-refractivity contribution in [2.75, 3.05) is 0 Å². The van der Waals surface area contributed by atoms with Gasteiger partial charge < -0.3 is 0 Å². The number of rotatable bonds is 3. The van der Waals surface area contributed by atoms with Crippen LogP contribution in [0.2, 0.25) is 0 Å². The molecule has 0 unspecified atom stereocenters. The molecule has 94 valence electrons. The van der Waals surface area contributed by atoms with Gasteiger partial charge >= 0.3 is 0 Å². The molecule has 1 heterocycles. The molecule has 0 radical (unpaired) electrons. The van der Waals surface area contributed by atoms with Crippen LogP contribution in [0.3, 0.4) is 0 Å². The maximum absolute atomic E-state index is 12.3. The molecule has 0 amide bonds. The molecule has 0 atom stereocenters. The van der Waals surface area contributed by atoms with Crippen molar-refractivity contribution in [1.82, 2.24) is 0 Å². The predicted octanol–water partition coefficient (Wildman–Crippen LogP) is 4.93. The summed E-state index contributed by atoms with van der Waals surface area (Å²) in [7, 11) is 0. The van der Waals surface area contributed by atoms with Gasteiger partial charge in [-0.05, 0) is 57.1 Å². The molecular formula is C16H11IOS. The number of carbonyl (C=O) groups excluding carboxylic acids is 1. The fourth-order valence-corrected chi connectivity index (χ4v) is 3.61. The summed E-state index contributed by atoms with van der Waals surface area (Å²) < 4.78 is 2.34. The highest BCUT2D eigenvalue weighted by Crippen LogP contribution is 2.26. The first-order valence-electron chi connectivity index (χ1n) is 5.98. The Morgan fingerprint density at radius 3 is 2.79 bits per heavy atom. The molecule has 0 saturated heterocycles. The van der Waals surface area contributed by atoms with Crippen molar-refractivity contribution in [1.29, 1.82) is 0 Å². The molecule has 3 heteroatoms. The normalized spacial score (nSPS) is 10.8. The van der Waals surface area contributed by atoms with Crippen LogP contribution in [0.1, 0.15) is 15.9 Å². The standard InChI is InChI=1S/C16H11IOS/c17-13-5-3-4-11(8-13)15(18)9-12-10-19-16-7-2-1-6-14(12)16/h1-8,10H,9H2. The van der Waals surface area contributed by atoms with E-state index in [9.17, 15) is 4.79 Å². The van der Waals surface area contributed by atoms with Crippen molar-refractivity contribution in [3.63, 3.8) is 0 Å². The molecule has 3 aromatic rings. The molecule has 19 heavy (non-hydrogen) atoms. The first-order chi connectivity index (χ1) is 9.24. The third-order valence-electron chi connectivity index (χ3n) is 3.06. The Morgan fingerprint density at radius 1 is 1.11 bits per heavy atom. The minimum absolute atomic E-state index is 0.182. The third-order valence-corrected chi connectivity index (χ3v) is 4.74. The molecule has 0 fully saturated rings. The van der Waals surface area contributed by atoms with Crippen LogP contribution in [-0.4, -0.2) is 5.78 Å². The number of fused-ring (bicyclic) bond motifs is 1. The fraction of sp³-hybridized carbons (Fsp3) is 0.0625. The van der Waals surface area contributed by atoms with Crippen LogP contribution in [0.4, 0.5) is 0 Å². The maximum Gasteiger partial charge on any atom is 0.167 e. The lowest BCUT2D eigenvalue weighted by atomic mass is 10.0. The molecule has 0 N–H and O–H groups in total. The van der Waals surface area contributed by atoms with Gasteiger partial charge in [0, 0.05) is 20.3 Å². The van der Waals surface area contributed by atoms with Gasteiger partial charge in [0.1, 0.15) is 0 Å². The Kier molecular flexibility index (Phi) is 3.66. The van der Waals surface area contributed by atoms with E-state index in [1.807, 2.05) is 36.4 Å². The summed E-state index contributed by atoms with van der Waals surface area (Å²) in [6.07, 6.45) is 0.476. The Bertz CT molecular complexity index is 745. The summed E-state index contributed by atoms with van der Waals surface area (Å²) in [6.45, 7) is 0. The average molecular weight is 378 g/mol. The zero-order valence-electron chi connectivity index (χ0n) is 10.1. The molecule has 0 saturated carbocycles. The molecule has 0 aliphatic carbocycles. The van der Waals surface area contributed by atoms with Crippen LogP contribution in [0.15, 0.2) is 53.9 Å². The van der Waals surface area contributed by atoms with Gasteiger partial charge in [-0.1, -0.05) is 30.3 Å². The summed E-state index contributed by atoms with van der Waals surface area (Å²) >= 11 is 3.93. The van der Waals surface area contributed by atoms with E-state index in [0.717, 1.165) is 14.7 Å². The van der Waals surface area contributed by atoms with Gasteiger partial charge in [-0.3, -0.25) is 4.79 Å². The summed E-state index contributed by atoms with van der Waals surface area (Å²) in [5.41, 5.74) is 1.92. The van der Waals surface area contributed by atoms with Crippen LogP contribution < -0.4 is 0 Å². The van der Waals surface area contributed by atoms with Crippen molar-refractivity contribution in [3.8, 4) is 0 Å². The minimum Gasteiger partial charge on any atom is -0.294 e. The van der Waals surface area contributed by atoms with E-state index in [4.69, 9.17) is 0 Å². The number of halogens is 1. The second kappa shape index (κ2) is 5.43. The van der Waals surface area contributed by atoms with E-state index in [2.05, 4.69) is 40.1 Å².